The molecular formula is C11H18O4. The van der Waals surface area contributed by atoms with Crippen molar-refractivity contribution in [2.45, 2.75) is 32.6 Å². The van der Waals surface area contributed by atoms with Crippen LogP contribution >= 0.6 is 0 Å². The van der Waals surface area contributed by atoms with Gasteiger partial charge in [-0.05, 0) is 6.42 Å². The first-order valence-electron chi connectivity index (χ1n) is 5.13. The fourth-order valence-corrected chi connectivity index (χ4v) is 0.954. The lowest BCUT2D eigenvalue weighted by Crippen LogP contribution is -2.04. The number of esters is 2. The lowest BCUT2D eigenvalue weighted by molar-refractivity contribution is -0.139. The Bertz CT molecular complexity index is 221. The maximum atomic E-state index is 11.0. The summed E-state index contributed by atoms with van der Waals surface area (Å²) in [6.45, 7) is 2.52. The maximum Gasteiger partial charge on any atom is 0.331 e. The number of carbonyl (C=O) groups is 2. The first kappa shape index (κ1) is 13.7. The summed E-state index contributed by atoms with van der Waals surface area (Å²) in [5.41, 5.74) is 0. The number of hydrogen-bond donors (Lipinski definition) is 0. The molecule has 0 amide bonds. The quantitative estimate of drug-likeness (QED) is 0.368. The normalized spacial score (nSPS) is 10.3. The van der Waals surface area contributed by atoms with E-state index in [-0.39, 0.29) is 0 Å². The number of methoxy groups -OCH3 is 1. The Morgan fingerprint density at radius 1 is 1.07 bits per heavy atom. The van der Waals surface area contributed by atoms with E-state index in [9.17, 15) is 9.59 Å². The summed E-state index contributed by atoms with van der Waals surface area (Å²) in [7, 11) is 1.25. The first-order chi connectivity index (χ1) is 7.20. The number of unbranched alkanes of at least 4 members (excludes halogenated alkanes) is 3. The number of ether oxygens (including phenoxy) is 2. The second-order valence-electron chi connectivity index (χ2n) is 3.08. The van der Waals surface area contributed by atoms with E-state index in [1.165, 1.54) is 7.11 Å². The smallest absolute Gasteiger partial charge is 0.331 e. The zero-order chi connectivity index (χ0) is 11.5. The van der Waals surface area contributed by atoms with Crippen LogP contribution in [-0.2, 0) is 19.1 Å². The third-order valence-electron chi connectivity index (χ3n) is 1.80. The zero-order valence-corrected chi connectivity index (χ0v) is 9.32. The third kappa shape index (κ3) is 9.00. The summed E-state index contributed by atoms with van der Waals surface area (Å²) in [5.74, 6) is -1.06. The van der Waals surface area contributed by atoms with Crippen molar-refractivity contribution in [3.8, 4) is 0 Å². The minimum absolute atomic E-state index is 0.407. The molecular weight excluding hydrogens is 196 g/mol. The molecule has 0 saturated heterocycles. The molecule has 0 bridgehead atoms. The van der Waals surface area contributed by atoms with Gasteiger partial charge in [0.2, 0.25) is 0 Å². The molecule has 0 fully saturated rings. The highest BCUT2D eigenvalue weighted by Gasteiger charge is 1.98. The molecule has 0 unspecified atom stereocenters. The van der Waals surface area contributed by atoms with Crippen LogP contribution in [-0.4, -0.2) is 25.7 Å². The maximum absolute atomic E-state index is 11.0. The molecule has 0 heterocycles. The molecule has 0 radical (unpaired) electrons. The van der Waals surface area contributed by atoms with Gasteiger partial charge < -0.3 is 9.47 Å². The zero-order valence-electron chi connectivity index (χ0n) is 9.32. The molecule has 0 atom stereocenters. The molecule has 0 aliphatic rings. The summed E-state index contributed by atoms with van der Waals surface area (Å²) < 4.78 is 9.17. The Morgan fingerprint density at radius 3 is 2.33 bits per heavy atom. The Kier molecular flexibility index (Phi) is 8.43. The molecule has 0 aliphatic heterocycles. The average Bonchev–Trinajstić information content (AvgIpc) is 2.25. The van der Waals surface area contributed by atoms with Crippen LogP contribution in [0.5, 0.6) is 0 Å². The minimum atomic E-state index is -0.557. The molecule has 0 saturated carbocycles. The highest BCUT2D eigenvalue weighted by molar-refractivity contribution is 5.91. The molecule has 86 valence electrons. The van der Waals surface area contributed by atoms with Gasteiger partial charge in [-0.25, -0.2) is 9.59 Å². The van der Waals surface area contributed by atoms with Gasteiger partial charge in [-0.3, -0.25) is 0 Å². The van der Waals surface area contributed by atoms with Crippen molar-refractivity contribution < 1.29 is 19.1 Å². The average molecular weight is 214 g/mol. The van der Waals surface area contributed by atoms with Crippen molar-refractivity contribution in [3.63, 3.8) is 0 Å². The Morgan fingerprint density at radius 2 is 1.73 bits per heavy atom. The molecule has 0 aromatic heterocycles. The summed E-state index contributed by atoms with van der Waals surface area (Å²) in [6, 6.07) is 0. The van der Waals surface area contributed by atoms with Crippen molar-refractivity contribution in [2.24, 2.45) is 0 Å². The number of carbonyl (C=O) groups excluding carboxylic acids is 2. The van der Waals surface area contributed by atoms with Crippen LogP contribution in [0.4, 0.5) is 0 Å². The fraction of sp³-hybridized carbons (Fsp3) is 0.636. The van der Waals surface area contributed by atoms with Gasteiger partial charge in [0.25, 0.3) is 0 Å². The molecule has 0 aromatic rings. The van der Waals surface area contributed by atoms with Crippen molar-refractivity contribution in [3.05, 3.63) is 12.2 Å². The second kappa shape index (κ2) is 9.24. The number of rotatable bonds is 7. The first-order valence-corrected chi connectivity index (χ1v) is 5.13. The van der Waals surface area contributed by atoms with Crippen LogP contribution in [0.2, 0.25) is 0 Å². The molecule has 4 heteroatoms. The molecule has 15 heavy (non-hydrogen) atoms. The summed E-state index contributed by atoms with van der Waals surface area (Å²) in [6.07, 6.45) is 6.35. The van der Waals surface area contributed by atoms with E-state index in [1.54, 1.807) is 0 Å². The van der Waals surface area contributed by atoms with Gasteiger partial charge >= 0.3 is 11.9 Å². The molecule has 0 spiro atoms. The Balaban J connectivity index is 3.49. The van der Waals surface area contributed by atoms with Gasteiger partial charge in [-0.2, -0.15) is 0 Å². The molecule has 0 aliphatic carbocycles. The lowest BCUT2D eigenvalue weighted by Gasteiger charge is -2.00. The summed E-state index contributed by atoms with van der Waals surface area (Å²) in [4.78, 5) is 21.6. The third-order valence-corrected chi connectivity index (χ3v) is 1.80. The van der Waals surface area contributed by atoms with E-state index in [0.29, 0.717) is 6.61 Å². The van der Waals surface area contributed by atoms with Gasteiger partial charge in [0.15, 0.2) is 0 Å². The van der Waals surface area contributed by atoms with E-state index in [0.717, 1.165) is 37.8 Å². The SMILES string of the molecule is CCCCCCOC(=O)/C=C\C(=O)OC. The molecule has 0 rings (SSSR count). The van der Waals surface area contributed by atoms with Crippen molar-refractivity contribution in [2.75, 3.05) is 13.7 Å². The van der Waals surface area contributed by atoms with Crippen LogP contribution in [0.15, 0.2) is 12.2 Å². The topological polar surface area (TPSA) is 52.6 Å². The van der Waals surface area contributed by atoms with E-state index >= 15 is 0 Å². The van der Waals surface area contributed by atoms with Crippen LogP contribution in [0.3, 0.4) is 0 Å². The largest absolute Gasteiger partial charge is 0.466 e. The van der Waals surface area contributed by atoms with Crippen molar-refractivity contribution >= 4 is 11.9 Å². The highest BCUT2D eigenvalue weighted by Crippen LogP contribution is 1.99. The predicted octanol–water partition coefficient (Wildman–Crippen LogP) is 1.84. The fourth-order valence-electron chi connectivity index (χ4n) is 0.954. The highest BCUT2D eigenvalue weighted by atomic mass is 16.5. The van der Waals surface area contributed by atoms with Crippen LogP contribution < -0.4 is 0 Å². The Hall–Kier alpha value is -1.32. The lowest BCUT2D eigenvalue weighted by atomic mass is 10.2. The monoisotopic (exact) mass is 214 g/mol. The minimum Gasteiger partial charge on any atom is -0.466 e. The van der Waals surface area contributed by atoms with Crippen LogP contribution in [0.25, 0.3) is 0 Å². The van der Waals surface area contributed by atoms with Crippen molar-refractivity contribution in [1.82, 2.24) is 0 Å². The van der Waals surface area contributed by atoms with Crippen molar-refractivity contribution in [1.29, 1.82) is 0 Å². The van der Waals surface area contributed by atoms with Gasteiger partial charge in [0, 0.05) is 12.2 Å². The standard InChI is InChI=1S/C11H18O4/c1-3-4-5-6-9-15-11(13)8-7-10(12)14-2/h7-8H,3-6,9H2,1-2H3/b8-7-. The second-order valence-corrected chi connectivity index (χ2v) is 3.08. The van der Waals surface area contributed by atoms with Gasteiger partial charge in [0.1, 0.15) is 0 Å². The van der Waals surface area contributed by atoms with Crippen LogP contribution in [0, 0.1) is 0 Å². The summed E-state index contributed by atoms with van der Waals surface area (Å²) in [5, 5.41) is 0. The van der Waals surface area contributed by atoms with Gasteiger partial charge in [0.05, 0.1) is 13.7 Å². The van der Waals surface area contributed by atoms with E-state index in [4.69, 9.17) is 4.74 Å². The molecule has 4 nitrogen and oxygen atoms in total. The summed E-state index contributed by atoms with van der Waals surface area (Å²) >= 11 is 0. The van der Waals surface area contributed by atoms with E-state index in [2.05, 4.69) is 11.7 Å². The Labute approximate surface area is 90.2 Å². The molecule has 0 N–H and O–H groups in total. The van der Waals surface area contributed by atoms with E-state index in [1.807, 2.05) is 0 Å². The van der Waals surface area contributed by atoms with Gasteiger partial charge in [-0.15, -0.1) is 0 Å². The predicted molar refractivity (Wildman–Crippen MR) is 56.3 cm³/mol. The van der Waals surface area contributed by atoms with Crippen LogP contribution in [0.1, 0.15) is 32.6 Å². The number of hydrogen-bond acceptors (Lipinski definition) is 4. The van der Waals surface area contributed by atoms with E-state index < -0.39 is 11.9 Å². The molecule has 0 aromatic carbocycles. The van der Waals surface area contributed by atoms with Gasteiger partial charge in [-0.1, -0.05) is 26.2 Å².